The molecule has 0 amide bonds. The first-order valence-corrected chi connectivity index (χ1v) is 4.50. The van der Waals surface area contributed by atoms with E-state index in [1.165, 1.54) is 0 Å². The Morgan fingerprint density at radius 3 is 2.62 bits per heavy atom. The summed E-state index contributed by atoms with van der Waals surface area (Å²) >= 11 is -2.48. The first-order chi connectivity index (χ1) is 6.18. The Balaban J connectivity index is 2.37. The highest BCUT2D eigenvalue weighted by Crippen LogP contribution is 2.09. The number of hydrogen-bond donors (Lipinski definition) is 2. The van der Waals surface area contributed by atoms with Crippen molar-refractivity contribution in [2.45, 2.75) is 0 Å². The minimum absolute atomic E-state index is 0.0833. The highest BCUT2D eigenvalue weighted by Gasteiger charge is 1.90. The number of rotatable bonds is 4. The number of hydrogen-bond acceptors (Lipinski definition) is 5. The Hall–Kier alpha value is -1.11. The molecule has 0 saturated carbocycles. The van der Waals surface area contributed by atoms with E-state index >= 15 is 0 Å². The van der Waals surface area contributed by atoms with Crippen LogP contribution < -0.4 is 11.1 Å². The van der Waals surface area contributed by atoms with E-state index in [0.717, 1.165) is 5.69 Å². The van der Waals surface area contributed by atoms with E-state index in [1.807, 2.05) is 0 Å². The Kier molecular flexibility index (Phi) is 3.69. The van der Waals surface area contributed by atoms with Gasteiger partial charge in [-0.25, -0.2) is 4.21 Å². The van der Waals surface area contributed by atoms with Gasteiger partial charge in [0, 0.05) is 11.4 Å². The van der Waals surface area contributed by atoms with E-state index in [0.29, 0.717) is 5.69 Å². The Morgan fingerprint density at radius 2 is 2.08 bits per heavy atom. The molecule has 72 valence electrons. The van der Waals surface area contributed by atoms with Gasteiger partial charge in [0.1, 0.15) is 6.73 Å². The van der Waals surface area contributed by atoms with Gasteiger partial charge in [-0.1, -0.05) is 0 Å². The van der Waals surface area contributed by atoms with Gasteiger partial charge in [0.2, 0.25) is 0 Å². The number of anilines is 2. The van der Waals surface area contributed by atoms with E-state index in [1.54, 1.807) is 24.3 Å². The van der Waals surface area contributed by atoms with E-state index in [4.69, 9.17) is 5.73 Å². The molecule has 6 heteroatoms. The third-order valence-electron chi connectivity index (χ3n) is 1.34. The van der Waals surface area contributed by atoms with Crippen LogP contribution in [-0.4, -0.2) is 15.5 Å². The van der Waals surface area contributed by atoms with E-state index in [2.05, 4.69) is 9.50 Å². The molecule has 1 aromatic carbocycles. The van der Waals surface area contributed by atoms with Crippen molar-refractivity contribution in [1.29, 1.82) is 0 Å². The molecule has 0 saturated heterocycles. The fraction of sp³-hybridized carbons (Fsp3) is 0.143. The van der Waals surface area contributed by atoms with Gasteiger partial charge < -0.3 is 15.6 Å². The molecule has 3 N–H and O–H groups in total. The van der Waals surface area contributed by atoms with Crippen molar-refractivity contribution in [1.82, 2.24) is 0 Å². The second-order valence-corrected chi connectivity index (χ2v) is 2.91. The number of nitrogens with two attached hydrogens (primary N) is 1. The number of nitrogens with one attached hydrogen (secondary N) is 1. The lowest BCUT2D eigenvalue weighted by Crippen LogP contribution is -2.07. The lowest BCUT2D eigenvalue weighted by Gasteiger charge is -2.08. The zero-order chi connectivity index (χ0) is 9.68. The first kappa shape index (κ1) is 9.97. The molecular formula is C7H9N2O3S-. The van der Waals surface area contributed by atoms with Crippen LogP contribution in [0.3, 0.4) is 0 Å². The maximum absolute atomic E-state index is 9.96. The highest BCUT2D eigenvalue weighted by atomic mass is 32.2. The summed E-state index contributed by atoms with van der Waals surface area (Å²) in [7, 11) is 0. The molecule has 0 spiro atoms. The fourth-order valence-electron chi connectivity index (χ4n) is 0.762. The third kappa shape index (κ3) is 3.88. The van der Waals surface area contributed by atoms with Crippen molar-refractivity contribution in [3.63, 3.8) is 0 Å². The van der Waals surface area contributed by atoms with Gasteiger partial charge in [0.25, 0.3) is 0 Å². The van der Waals surface area contributed by atoms with Crippen LogP contribution in [-0.2, 0) is 15.5 Å². The maximum atomic E-state index is 9.96. The van der Waals surface area contributed by atoms with Gasteiger partial charge in [-0.05, 0) is 24.3 Å². The van der Waals surface area contributed by atoms with Crippen LogP contribution in [0.5, 0.6) is 0 Å². The normalized spacial score (nSPS) is 12.4. The molecule has 5 nitrogen and oxygen atoms in total. The van der Waals surface area contributed by atoms with Gasteiger partial charge >= 0.3 is 0 Å². The van der Waals surface area contributed by atoms with E-state index < -0.39 is 11.4 Å². The van der Waals surface area contributed by atoms with Crippen molar-refractivity contribution in [2.24, 2.45) is 0 Å². The predicted molar refractivity (Wildman–Crippen MR) is 49.3 cm³/mol. The molecule has 0 aliphatic carbocycles. The van der Waals surface area contributed by atoms with Gasteiger partial charge in [0.15, 0.2) is 0 Å². The second kappa shape index (κ2) is 4.80. The monoisotopic (exact) mass is 201 g/mol. The summed E-state index contributed by atoms with van der Waals surface area (Å²) in [6.07, 6.45) is 0. The Bertz CT molecular complexity index is 288. The molecule has 0 radical (unpaired) electrons. The van der Waals surface area contributed by atoms with Gasteiger partial charge in [-0.15, -0.1) is 0 Å². The number of benzene rings is 1. The Labute approximate surface area is 78.4 Å². The minimum Gasteiger partial charge on any atom is -0.750 e. The van der Waals surface area contributed by atoms with Crippen LogP contribution in [0.1, 0.15) is 0 Å². The number of nitrogen functional groups attached to an aromatic ring is 1. The molecule has 1 rings (SSSR count). The summed E-state index contributed by atoms with van der Waals surface area (Å²) in [5.41, 5.74) is 6.85. The molecule has 1 atom stereocenters. The zero-order valence-electron chi connectivity index (χ0n) is 6.73. The summed E-state index contributed by atoms with van der Waals surface area (Å²) in [6, 6.07) is 6.87. The van der Waals surface area contributed by atoms with Crippen molar-refractivity contribution in [3.8, 4) is 0 Å². The van der Waals surface area contributed by atoms with Crippen molar-refractivity contribution in [2.75, 3.05) is 17.8 Å². The van der Waals surface area contributed by atoms with Gasteiger partial charge in [-0.3, -0.25) is 4.18 Å². The fourth-order valence-corrected chi connectivity index (χ4v) is 0.917. The SMILES string of the molecule is Nc1ccc(NCOS(=O)[O-])cc1. The standard InChI is InChI=1S/C7H10N2O3S/c8-6-1-3-7(4-2-6)9-5-12-13(10)11/h1-4,9H,5,8H2,(H,10,11)/p-1. The lowest BCUT2D eigenvalue weighted by atomic mass is 10.3. The summed E-state index contributed by atoms with van der Waals surface area (Å²) in [5, 5.41) is 2.73. The van der Waals surface area contributed by atoms with E-state index in [9.17, 15) is 8.76 Å². The molecule has 0 heterocycles. The quantitative estimate of drug-likeness (QED) is 0.419. The molecule has 0 aliphatic rings. The van der Waals surface area contributed by atoms with Crippen LogP contribution >= 0.6 is 0 Å². The first-order valence-electron chi connectivity index (χ1n) is 3.50. The van der Waals surface area contributed by atoms with Crippen molar-refractivity contribution in [3.05, 3.63) is 24.3 Å². The predicted octanol–water partition coefficient (Wildman–Crippen LogP) is 0.449. The summed E-state index contributed by atoms with van der Waals surface area (Å²) in [4.78, 5) is 0. The molecular weight excluding hydrogens is 192 g/mol. The molecule has 1 unspecified atom stereocenters. The molecule has 0 aliphatic heterocycles. The van der Waals surface area contributed by atoms with Crippen molar-refractivity contribution < 1.29 is 12.9 Å². The molecule has 0 aromatic heterocycles. The van der Waals surface area contributed by atoms with Crippen LogP contribution in [0.15, 0.2) is 24.3 Å². The Morgan fingerprint density at radius 1 is 1.46 bits per heavy atom. The average molecular weight is 201 g/mol. The average Bonchev–Trinajstić information content (AvgIpc) is 2.08. The molecule has 13 heavy (non-hydrogen) atoms. The lowest BCUT2D eigenvalue weighted by molar-refractivity contribution is 0.323. The maximum Gasteiger partial charge on any atom is 0.132 e. The summed E-state index contributed by atoms with van der Waals surface area (Å²) < 4.78 is 24.2. The van der Waals surface area contributed by atoms with Crippen molar-refractivity contribution >= 4 is 22.7 Å². The van der Waals surface area contributed by atoms with Crippen LogP contribution in [0, 0.1) is 0 Å². The van der Waals surface area contributed by atoms with Gasteiger partial charge in [-0.2, -0.15) is 0 Å². The topological polar surface area (TPSA) is 87.4 Å². The van der Waals surface area contributed by atoms with Crippen LogP contribution in [0.4, 0.5) is 11.4 Å². The minimum atomic E-state index is -2.48. The van der Waals surface area contributed by atoms with Gasteiger partial charge in [0.05, 0.1) is 11.4 Å². The van der Waals surface area contributed by atoms with E-state index in [-0.39, 0.29) is 6.73 Å². The highest BCUT2D eigenvalue weighted by molar-refractivity contribution is 7.74. The smallest absolute Gasteiger partial charge is 0.132 e. The second-order valence-electron chi connectivity index (χ2n) is 2.27. The molecule has 0 bridgehead atoms. The summed E-state index contributed by atoms with van der Waals surface area (Å²) in [5.74, 6) is 0. The summed E-state index contributed by atoms with van der Waals surface area (Å²) in [6.45, 7) is -0.0833. The molecule has 1 aromatic rings. The molecule has 0 fully saturated rings. The van der Waals surface area contributed by atoms with Crippen LogP contribution in [0.2, 0.25) is 0 Å². The third-order valence-corrected chi connectivity index (χ3v) is 1.65. The zero-order valence-corrected chi connectivity index (χ0v) is 7.54. The van der Waals surface area contributed by atoms with Crippen LogP contribution in [0.25, 0.3) is 0 Å². The largest absolute Gasteiger partial charge is 0.750 e.